The topological polar surface area (TPSA) is 12.0 Å². The normalized spacial score (nSPS) is 34.6. The van der Waals surface area contributed by atoms with E-state index in [1.54, 1.807) is 0 Å². The van der Waals surface area contributed by atoms with Crippen molar-refractivity contribution >= 4 is 0 Å². The maximum atomic E-state index is 3.53. The molecule has 0 unspecified atom stereocenters. The molecule has 2 rings (SSSR count). The van der Waals surface area contributed by atoms with Crippen LogP contribution in [0, 0.1) is 16.7 Å². The second-order valence-corrected chi connectivity index (χ2v) is 5.41. The smallest absolute Gasteiger partial charge is 0.00113 e. The van der Waals surface area contributed by atoms with Crippen LogP contribution in [0.25, 0.3) is 0 Å². The summed E-state index contributed by atoms with van der Waals surface area (Å²) < 4.78 is 0. The van der Waals surface area contributed by atoms with E-state index >= 15 is 0 Å². The molecule has 0 amide bonds. The molecule has 1 heterocycles. The molecule has 1 nitrogen and oxygen atoms in total. The predicted molar refractivity (Wildman–Crippen MR) is 47.5 cm³/mol. The van der Waals surface area contributed by atoms with E-state index in [4.69, 9.17) is 0 Å². The van der Waals surface area contributed by atoms with Gasteiger partial charge >= 0.3 is 0 Å². The molecule has 0 bridgehead atoms. The highest BCUT2D eigenvalue weighted by Gasteiger charge is 2.55. The van der Waals surface area contributed by atoms with E-state index in [0.717, 1.165) is 11.3 Å². The minimum atomic E-state index is 0.514. The van der Waals surface area contributed by atoms with Gasteiger partial charge in [-0.2, -0.15) is 0 Å². The van der Waals surface area contributed by atoms with Crippen molar-refractivity contribution in [1.82, 2.24) is 5.32 Å². The summed E-state index contributed by atoms with van der Waals surface area (Å²) in [6, 6.07) is 0. The molecule has 64 valence electrons. The maximum Gasteiger partial charge on any atom is 0.00113 e. The average Bonchev–Trinajstić information content (AvgIpc) is 2.38. The van der Waals surface area contributed by atoms with Crippen LogP contribution >= 0.6 is 0 Å². The van der Waals surface area contributed by atoms with Crippen molar-refractivity contribution in [3.05, 3.63) is 0 Å². The second-order valence-electron chi connectivity index (χ2n) is 5.41. The first-order valence-electron chi connectivity index (χ1n) is 4.75. The molecule has 1 atom stereocenters. The molecule has 1 spiro atoms. The van der Waals surface area contributed by atoms with Gasteiger partial charge in [0.15, 0.2) is 0 Å². The zero-order chi connectivity index (χ0) is 8.11. The monoisotopic (exact) mass is 153 g/mol. The molecule has 1 saturated heterocycles. The third kappa shape index (κ3) is 1.10. The molecule has 1 aliphatic carbocycles. The Morgan fingerprint density at radius 1 is 1.27 bits per heavy atom. The van der Waals surface area contributed by atoms with E-state index in [1.807, 2.05) is 0 Å². The fourth-order valence-electron chi connectivity index (χ4n) is 2.72. The molecule has 0 aromatic heterocycles. The van der Waals surface area contributed by atoms with Gasteiger partial charge in [-0.1, -0.05) is 20.8 Å². The van der Waals surface area contributed by atoms with Gasteiger partial charge in [0.1, 0.15) is 0 Å². The average molecular weight is 153 g/mol. The van der Waals surface area contributed by atoms with Crippen LogP contribution in [-0.2, 0) is 0 Å². The van der Waals surface area contributed by atoms with E-state index in [-0.39, 0.29) is 0 Å². The van der Waals surface area contributed by atoms with Crippen LogP contribution in [0.5, 0.6) is 0 Å². The molecular weight excluding hydrogens is 134 g/mol. The molecule has 1 saturated carbocycles. The van der Waals surface area contributed by atoms with Crippen LogP contribution in [0.15, 0.2) is 0 Å². The summed E-state index contributed by atoms with van der Waals surface area (Å²) in [6.07, 6.45) is 2.95. The van der Waals surface area contributed by atoms with E-state index in [9.17, 15) is 0 Å². The Kier molecular flexibility index (Phi) is 1.39. The number of hydrogen-bond donors (Lipinski definition) is 1. The lowest BCUT2D eigenvalue weighted by Gasteiger charge is -2.31. The van der Waals surface area contributed by atoms with Gasteiger partial charge in [0.2, 0.25) is 0 Å². The summed E-state index contributed by atoms with van der Waals surface area (Å²) in [4.78, 5) is 0. The first kappa shape index (κ1) is 7.60. The highest BCUT2D eigenvalue weighted by atomic mass is 15.0. The van der Waals surface area contributed by atoms with Crippen LogP contribution in [0.3, 0.4) is 0 Å². The van der Waals surface area contributed by atoms with Crippen molar-refractivity contribution < 1.29 is 0 Å². The van der Waals surface area contributed by atoms with E-state index in [2.05, 4.69) is 26.1 Å². The molecule has 2 aliphatic rings. The standard InChI is InChI=1S/C10H19N/c1-9(2,3)8-6-11-7-10(8)4-5-10/h8,11H,4-7H2,1-3H3/t8-/m1/s1. The first-order chi connectivity index (χ1) is 5.05. The van der Waals surface area contributed by atoms with Gasteiger partial charge in [0, 0.05) is 6.54 Å². The van der Waals surface area contributed by atoms with Crippen LogP contribution in [0.1, 0.15) is 33.6 Å². The van der Waals surface area contributed by atoms with Crippen LogP contribution in [0.2, 0.25) is 0 Å². The summed E-state index contributed by atoms with van der Waals surface area (Å²) in [6.45, 7) is 9.68. The van der Waals surface area contributed by atoms with Crippen molar-refractivity contribution in [1.29, 1.82) is 0 Å². The zero-order valence-corrected chi connectivity index (χ0v) is 7.91. The molecular formula is C10H19N. The summed E-state index contributed by atoms with van der Waals surface area (Å²) in [7, 11) is 0. The summed E-state index contributed by atoms with van der Waals surface area (Å²) in [5, 5.41) is 3.53. The minimum Gasteiger partial charge on any atom is -0.316 e. The van der Waals surface area contributed by atoms with Gasteiger partial charge in [-0.25, -0.2) is 0 Å². The van der Waals surface area contributed by atoms with Crippen molar-refractivity contribution in [3.8, 4) is 0 Å². The largest absolute Gasteiger partial charge is 0.316 e. The van der Waals surface area contributed by atoms with Crippen LogP contribution in [0.4, 0.5) is 0 Å². The molecule has 0 radical (unpaired) electrons. The minimum absolute atomic E-state index is 0.514. The van der Waals surface area contributed by atoms with Crippen molar-refractivity contribution in [2.24, 2.45) is 16.7 Å². The van der Waals surface area contributed by atoms with Crippen molar-refractivity contribution in [3.63, 3.8) is 0 Å². The van der Waals surface area contributed by atoms with E-state index in [1.165, 1.54) is 25.9 Å². The lowest BCUT2D eigenvalue weighted by molar-refractivity contribution is 0.189. The van der Waals surface area contributed by atoms with Crippen LogP contribution < -0.4 is 5.32 Å². The lowest BCUT2D eigenvalue weighted by atomic mass is 9.73. The number of hydrogen-bond acceptors (Lipinski definition) is 1. The Hall–Kier alpha value is -0.0400. The van der Waals surface area contributed by atoms with E-state index in [0.29, 0.717) is 5.41 Å². The summed E-state index contributed by atoms with van der Waals surface area (Å²) in [5.41, 5.74) is 1.25. The third-order valence-electron chi connectivity index (χ3n) is 3.50. The number of nitrogens with one attached hydrogen (secondary N) is 1. The second kappa shape index (κ2) is 2.01. The van der Waals surface area contributed by atoms with E-state index < -0.39 is 0 Å². The zero-order valence-electron chi connectivity index (χ0n) is 7.91. The Labute approximate surface area is 69.6 Å². The SMILES string of the molecule is CC(C)(C)[C@H]1CNCC12CC2. The lowest BCUT2D eigenvalue weighted by Crippen LogP contribution is -2.28. The maximum absolute atomic E-state index is 3.53. The summed E-state index contributed by atoms with van der Waals surface area (Å²) >= 11 is 0. The van der Waals surface area contributed by atoms with Gasteiger partial charge < -0.3 is 5.32 Å². The summed E-state index contributed by atoms with van der Waals surface area (Å²) in [5.74, 6) is 0.926. The van der Waals surface area contributed by atoms with Gasteiger partial charge in [0.05, 0.1) is 0 Å². The Bertz CT molecular complexity index is 162. The Balaban J connectivity index is 2.14. The van der Waals surface area contributed by atoms with Gasteiger partial charge in [-0.15, -0.1) is 0 Å². The first-order valence-corrected chi connectivity index (χ1v) is 4.75. The van der Waals surface area contributed by atoms with Gasteiger partial charge in [0.25, 0.3) is 0 Å². The fraction of sp³-hybridized carbons (Fsp3) is 1.00. The predicted octanol–water partition coefficient (Wildman–Crippen LogP) is 2.03. The molecule has 0 aromatic carbocycles. The van der Waals surface area contributed by atoms with Crippen molar-refractivity contribution in [2.75, 3.05) is 13.1 Å². The highest BCUT2D eigenvalue weighted by Crippen LogP contribution is 2.58. The molecule has 1 aliphatic heterocycles. The molecule has 0 aromatic rings. The number of rotatable bonds is 0. The quantitative estimate of drug-likeness (QED) is 0.561. The molecule has 11 heavy (non-hydrogen) atoms. The highest BCUT2D eigenvalue weighted by molar-refractivity contribution is 5.07. The van der Waals surface area contributed by atoms with Gasteiger partial charge in [-0.3, -0.25) is 0 Å². The molecule has 1 N–H and O–H groups in total. The van der Waals surface area contributed by atoms with Crippen molar-refractivity contribution in [2.45, 2.75) is 33.6 Å². The van der Waals surface area contributed by atoms with Gasteiger partial charge in [-0.05, 0) is 36.1 Å². The molecule has 2 fully saturated rings. The Morgan fingerprint density at radius 2 is 1.91 bits per heavy atom. The van der Waals surface area contributed by atoms with Crippen LogP contribution in [-0.4, -0.2) is 13.1 Å². The Morgan fingerprint density at radius 3 is 2.27 bits per heavy atom. The fourth-order valence-corrected chi connectivity index (χ4v) is 2.72. The molecule has 1 heteroatoms. The third-order valence-corrected chi connectivity index (χ3v) is 3.50.